The summed E-state index contributed by atoms with van der Waals surface area (Å²) in [7, 11) is -3.59. The number of hydrogen-bond acceptors (Lipinski definition) is 4. The van der Waals surface area contributed by atoms with Crippen molar-refractivity contribution in [2.45, 2.75) is 31.8 Å². The summed E-state index contributed by atoms with van der Waals surface area (Å²) in [4.78, 5) is 6.03. The van der Waals surface area contributed by atoms with Crippen molar-refractivity contribution in [2.24, 2.45) is 4.40 Å². The molecule has 102 valence electrons. The maximum absolute atomic E-state index is 11.9. The Kier molecular flexibility index (Phi) is 3.24. The zero-order valence-electron chi connectivity index (χ0n) is 10.5. The van der Waals surface area contributed by atoms with Gasteiger partial charge < -0.3 is 4.90 Å². The summed E-state index contributed by atoms with van der Waals surface area (Å²) in [5, 5.41) is 0. The van der Waals surface area contributed by atoms with Crippen LogP contribution in [0.15, 0.2) is 28.9 Å². The highest BCUT2D eigenvalue weighted by Gasteiger charge is 2.33. The van der Waals surface area contributed by atoms with Gasteiger partial charge in [-0.3, -0.25) is 4.98 Å². The molecule has 1 atom stereocenters. The fraction of sp³-hybridized carbons (Fsp3) is 0.500. The van der Waals surface area contributed by atoms with Gasteiger partial charge in [0.05, 0.1) is 0 Å². The van der Waals surface area contributed by atoms with Gasteiger partial charge in [0.2, 0.25) is 0 Å². The molecule has 19 heavy (non-hydrogen) atoms. The van der Waals surface area contributed by atoms with Crippen LogP contribution in [-0.2, 0) is 10.2 Å². The third-order valence-electron chi connectivity index (χ3n) is 3.45. The average molecular weight is 280 g/mol. The first-order valence-electron chi connectivity index (χ1n) is 6.43. The molecule has 2 aliphatic rings. The topological polar surface area (TPSA) is 74.7 Å². The number of nitrogens with zero attached hydrogens (tertiary/aromatic N) is 3. The molecule has 1 N–H and O–H groups in total. The van der Waals surface area contributed by atoms with Crippen molar-refractivity contribution in [1.82, 2.24) is 14.6 Å². The van der Waals surface area contributed by atoms with E-state index in [0.717, 1.165) is 37.8 Å². The van der Waals surface area contributed by atoms with E-state index in [9.17, 15) is 8.42 Å². The number of aromatic nitrogens is 1. The molecule has 0 bridgehead atoms. The highest BCUT2D eigenvalue weighted by Crippen LogP contribution is 2.27. The molecule has 0 amide bonds. The van der Waals surface area contributed by atoms with Crippen LogP contribution in [0.1, 0.15) is 37.4 Å². The molecule has 0 unspecified atom stereocenters. The maximum Gasteiger partial charge on any atom is 0.323 e. The highest BCUT2D eigenvalue weighted by atomic mass is 32.2. The first-order valence-corrected chi connectivity index (χ1v) is 7.87. The zero-order valence-corrected chi connectivity index (χ0v) is 11.3. The van der Waals surface area contributed by atoms with Crippen LogP contribution < -0.4 is 4.72 Å². The van der Waals surface area contributed by atoms with Crippen LogP contribution in [0, 0.1) is 0 Å². The van der Waals surface area contributed by atoms with Gasteiger partial charge in [0.15, 0.2) is 0 Å². The van der Waals surface area contributed by atoms with Crippen molar-refractivity contribution in [3.05, 3.63) is 30.1 Å². The standard InChI is InChI=1S/C12H16N4O2S/c17-19(18)14-11-4-2-1-3-9-16(11)12(15-19)10-5-7-13-8-6-10/h5-8,12,15H,1-4,9H2/t12-/m0/s1. The molecule has 7 heteroatoms. The zero-order chi connectivity index (χ0) is 13.3. The molecule has 0 saturated carbocycles. The van der Waals surface area contributed by atoms with Crippen molar-refractivity contribution in [1.29, 1.82) is 0 Å². The lowest BCUT2D eigenvalue weighted by Crippen LogP contribution is -2.48. The van der Waals surface area contributed by atoms with Crippen molar-refractivity contribution >= 4 is 16.0 Å². The van der Waals surface area contributed by atoms with Crippen molar-refractivity contribution in [2.75, 3.05) is 6.54 Å². The molecule has 1 saturated heterocycles. The van der Waals surface area contributed by atoms with Crippen LogP contribution in [-0.4, -0.2) is 30.7 Å². The van der Waals surface area contributed by atoms with Gasteiger partial charge in [-0.05, 0) is 30.5 Å². The van der Waals surface area contributed by atoms with Gasteiger partial charge >= 0.3 is 10.2 Å². The number of hydrogen-bond donors (Lipinski definition) is 1. The molecule has 1 fully saturated rings. The van der Waals surface area contributed by atoms with Crippen LogP contribution in [0.4, 0.5) is 0 Å². The summed E-state index contributed by atoms with van der Waals surface area (Å²) in [6.07, 6.45) is 6.87. The maximum atomic E-state index is 11.9. The Morgan fingerprint density at radius 1 is 1.21 bits per heavy atom. The SMILES string of the molecule is O=S1(=O)N=C2CCCCCN2[C@@H](c2ccncc2)N1. The summed E-state index contributed by atoms with van der Waals surface area (Å²) in [6, 6.07) is 3.67. The van der Waals surface area contributed by atoms with E-state index in [4.69, 9.17) is 0 Å². The van der Waals surface area contributed by atoms with Crippen LogP contribution in [0.25, 0.3) is 0 Å². The van der Waals surface area contributed by atoms with E-state index in [-0.39, 0.29) is 6.17 Å². The van der Waals surface area contributed by atoms with Gasteiger partial charge in [0.25, 0.3) is 0 Å². The number of pyridine rings is 1. The van der Waals surface area contributed by atoms with Gasteiger partial charge in [-0.2, -0.15) is 13.1 Å². The fourth-order valence-corrected chi connectivity index (χ4v) is 3.63. The molecule has 6 nitrogen and oxygen atoms in total. The number of amidine groups is 1. The Morgan fingerprint density at radius 3 is 2.79 bits per heavy atom. The van der Waals surface area contributed by atoms with E-state index >= 15 is 0 Å². The van der Waals surface area contributed by atoms with E-state index in [0.29, 0.717) is 5.84 Å². The van der Waals surface area contributed by atoms with E-state index in [2.05, 4.69) is 19.0 Å². The molecule has 0 aliphatic carbocycles. The molecule has 0 aromatic carbocycles. The predicted octanol–water partition coefficient (Wildman–Crippen LogP) is 1.20. The monoisotopic (exact) mass is 280 g/mol. The molecule has 3 rings (SSSR count). The van der Waals surface area contributed by atoms with Gasteiger partial charge in [-0.25, -0.2) is 0 Å². The molecule has 2 aliphatic heterocycles. The predicted molar refractivity (Wildman–Crippen MR) is 71.6 cm³/mol. The minimum atomic E-state index is -3.59. The second kappa shape index (κ2) is 4.90. The second-order valence-corrected chi connectivity index (χ2v) is 6.16. The van der Waals surface area contributed by atoms with Gasteiger partial charge in [-0.15, -0.1) is 4.40 Å². The molecular formula is C12H16N4O2S. The van der Waals surface area contributed by atoms with Crippen molar-refractivity contribution < 1.29 is 8.42 Å². The fourth-order valence-electron chi connectivity index (χ4n) is 2.55. The molecule has 1 aromatic rings. The Labute approximate surface area is 112 Å². The molecule has 3 heterocycles. The molecule has 0 radical (unpaired) electrons. The summed E-state index contributed by atoms with van der Waals surface area (Å²) in [5.41, 5.74) is 0.896. The summed E-state index contributed by atoms with van der Waals surface area (Å²) < 4.78 is 30.2. The van der Waals surface area contributed by atoms with Crippen LogP contribution >= 0.6 is 0 Å². The summed E-state index contributed by atoms with van der Waals surface area (Å²) in [5.74, 6) is 0.679. The van der Waals surface area contributed by atoms with Crippen LogP contribution in [0.3, 0.4) is 0 Å². The molecule has 0 spiro atoms. The van der Waals surface area contributed by atoms with E-state index in [1.54, 1.807) is 12.4 Å². The molecular weight excluding hydrogens is 264 g/mol. The lowest BCUT2D eigenvalue weighted by atomic mass is 10.2. The van der Waals surface area contributed by atoms with Gasteiger partial charge in [0.1, 0.15) is 12.0 Å². The quantitative estimate of drug-likeness (QED) is 0.839. The normalized spacial score (nSPS) is 26.2. The minimum absolute atomic E-state index is 0.362. The minimum Gasteiger partial charge on any atom is -0.339 e. The number of fused-ring (bicyclic) bond motifs is 1. The highest BCUT2D eigenvalue weighted by molar-refractivity contribution is 7.88. The third kappa shape index (κ3) is 2.62. The van der Waals surface area contributed by atoms with Crippen molar-refractivity contribution in [3.63, 3.8) is 0 Å². The smallest absolute Gasteiger partial charge is 0.323 e. The average Bonchev–Trinajstić information content (AvgIpc) is 2.63. The second-order valence-electron chi connectivity index (χ2n) is 4.79. The van der Waals surface area contributed by atoms with E-state index < -0.39 is 10.2 Å². The summed E-state index contributed by atoms with van der Waals surface area (Å²) in [6.45, 7) is 0.828. The van der Waals surface area contributed by atoms with Crippen LogP contribution in [0.2, 0.25) is 0 Å². The Hall–Kier alpha value is -1.47. The lowest BCUT2D eigenvalue weighted by molar-refractivity contribution is 0.291. The largest absolute Gasteiger partial charge is 0.339 e. The van der Waals surface area contributed by atoms with E-state index in [1.165, 1.54) is 0 Å². The number of nitrogens with one attached hydrogen (secondary N) is 1. The molecule has 1 aromatic heterocycles. The number of rotatable bonds is 1. The summed E-state index contributed by atoms with van der Waals surface area (Å²) >= 11 is 0. The van der Waals surface area contributed by atoms with E-state index in [1.807, 2.05) is 12.1 Å². The van der Waals surface area contributed by atoms with Gasteiger partial charge in [0, 0.05) is 25.4 Å². The van der Waals surface area contributed by atoms with Crippen LogP contribution in [0.5, 0.6) is 0 Å². The third-order valence-corrected chi connectivity index (χ3v) is 4.42. The Morgan fingerprint density at radius 2 is 2.00 bits per heavy atom. The van der Waals surface area contributed by atoms with Gasteiger partial charge in [-0.1, -0.05) is 6.42 Å². The van der Waals surface area contributed by atoms with Crippen molar-refractivity contribution in [3.8, 4) is 0 Å². The first kappa shape index (κ1) is 12.6. The first-order chi connectivity index (χ1) is 9.16. The Bertz CT molecular complexity index is 585. The Balaban J connectivity index is 2.02. The lowest BCUT2D eigenvalue weighted by Gasteiger charge is -2.36.